The summed E-state index contributed by atoms with van der Waals surface area (Å²) < 4.78 is 12.8. The predicted octanol–water partition coefficient (Wildman–Crippen LogP) is 3.89. The highest BCUT2D eigenvalue weighted by atomic mass is 16.5. The Morgan fingerprint density at radius 2 is 1.94 bits per heavy atom. The van der Waals surface area contributed by atoms with Gasteiger partial charge < -0.3 is 14.5 Å². The molecule has 0 saturated heterocycles. The number of hydrogen-bond acceptors (Lipinski definition) is 7. The third-order valence-electron chi connectivity index (χ3n) is 6.04. The van der Waals surface area contributed by atoms with E-state index in [1.54, 1.807) is 41.5 Å². The SMILES string of the molecule is O=C(NCCOc1cccnc1)c1cnn(-c2ncc3c(n2)-c2ccccc2CC3)c1-c1ccco1. The monoisotopic (exact) mass is 478 g/mol. The minimum absolute atomic E-state index is 0.300. The molecule has 4 aromatic heterocycles. The number of ether oxygens (including phenoxy) is 1. The van der Waals surface area contributed by atoms with Crippen molar-refractivity contribution in [3.05, 3.63) is 96.3 Å². The Labute approximate surface area is 206 Å². The number of nitrogens with zero attached hydrogens (tertiary/aromatic N) is 5. The van der Waals surface area contributed by atoms with Crippen molar-refractivity contribution in [2.75, 3.05) is 13.2 Å². The van der Waals surface area contributed by atoms with E-state index in [0.717, 1.165) is 29.7 Å². The lowest BCUT2D eigenvalue weighted by Gasteiger charge is -2.19. The second-order valence-corrected chi connectivity index (χ2v) is 8.29. The minimum atomic E-state index is -0.300. The molecule has 5 aromatic rings. The number of hydrogen-bond donors (Lipinski definition) is 1. The first-order chi connectivity index (χ1) is 17.8. The van der Waals surface area contributed by atoms with Crippen LogP contribution in [0.1, 0.15) is 21.5 Å². The van der Waals surface area contributed by atoms with Crippen LogP contribution in [0.5, 0.6) is 5.75 Å². The molecule has 1 aliphatic rings. The Morgan fingerprint density at radius 1 is 1.03 bits per heavy atom. The van der Waals surface area contributed by atoms with E-state index in [1.807, 2.05) is 24.4 Å². The second-order valence-electron chi connectivity index (χ2n) is 8.29. The zero-order valence-electron chi connectivity index (χ0n) is 19.3. The van der Waals surface area contributed by atoms with E-state index in [1.165, 1.54) is 11.8 Å². The van der Waals surface area contributed by atoms with Gasteiger partial charge in [0, 0.05) is 18.0 Å². The van der Waals surface area contributed by atoms with E-state index >= 15 is 0 Å². The molecule has 0 bridgehead atoms. The number of rotatable bonds is 7. The van der Waals surface area contributed by atoms with Crippen LogP contribution in [0.25, 0.3) is 28.7 Å². The number of benzene rings is 1. The maximum Gasteiger partial charge on any atom is 0.255 e. The number of carbonyl (C=O) groups is 1. The summed E-state index contributed by atoms with van der Waals surface area (Å²) in [5.41, 5.74) is 5.18. The fraction of sp³-hybridized carbons (Fsp3) is 0.148. The summed E-state index contributed by atoms with van der Waals surface area (Å²) in [7, 11) is 0. The molecule has 9 heteroatoms. The van der Waals surface area contributed by atoms with Crippen molar-refractivity contribution in [1.29, 1.82) is 0 Å². The maximum absolute atomic E-state index is 13.1. The normalized spacial score (nSPS) is 12.0. The number of amides is 1. The van der Waals surface area contributed by atoms with E-state index in [0.29, 0.717) is 41.9 Å². The third-order valence-corrected chi connectivity index (χ3v) is 6.04. The molecule has 1 aliphatic carbocycles. The van der Waals surface area contributed by atoms with Crippen molar-refractivity contribution in [2.24, 2.45) is 0 Å². The van der Waals surface area contributed by atoms with Crippen molar-refractivity contribution in [3.8, 4) is 34.4 Å². The molecule has 0 saturated carbocycles. The van der Waals surface area contributed by atoms with Crippen molar-refractivity contribution in [1.82, 2.24) is 30.0 Å². The Balaban J connectivity index is 1.29. The summed E-state index contributed by atoms with van der Waals surface area (Å²) >= 11 is 0. The fourth-order valence-corrected chi connectivity index (χ4v) is 4.33. The lowest BCUT2D eigenvalue weighted by molar-refractivity contribution is 0.0947. The molecule has 1 aromatic carbocycles. The topological polar surface area (TPSA) is 108 Å². The molecule has 9 nitrogen and oxygen atoms in total. The summed E-state index contributed by atoms with van der Waals surface area (Å²) in [5, 5.41) is 7.35. The van der Waals surface area contributed by atoms with Crippen LogP contribution >= 0.6 is 0 Å². The largest absolute Gasteiger partial charge is 0.490 e. The summed E-state index contributed by atoms with van der Waals surface area (Å²) in [6.07, 6.45) is 10.0. The van der Waals surface area contributed by atoms with E-state index in [2.05, 4.69) is 32.5 Å². The quantitative estimate of drug-likeness (QED) is 0.354. The molecule has 178 valence electrons. The Morgan fingerprint density at radius 3 is 2.81 bits per heavy atom. The number of aromatic nitrogens is 5. The molecular weight excluding hydrogens is 456 g/mol. The standard InChI is InChI=1S/C27H22N6O3/c34-26(29-12-14-35-20-6-3-11-28-16-20)22-17-31-33(25(22)23-8-4-13-36-23)27-30-15-19-10-9-18-5-1-2-7-21(18)24(19)32-27/h1-8,11,13,15-17H,9-10,12,14H2,(H,29,34). The van der Waals surface area contributed by atoms with Crippen LogP contribution in [0, 0.1) is 0 Å². The first-order valence-electron chi connectivity index (χ1n) is 11.7. The van der Waals surface area contributed by atoms with Crippen molar-refractivity contribution in [3.63, 3.8) is 0 Å². The van der Waals surface area contributed by atoms with Gasteiger partial charge in [-0.2, -0.15) is 9.78 Å². The fourth-order valence-electron chi connectivity index (χ4n) is 4.33. The number of furan rings is 1. The highest BCUT2D eigenvalue weighted by Crippen LogP contribution is 2.33. The molecule has 4 heterocycles. The predicted molar refractivity (Wildman–Crippen MR) is 132 cm³/mol. The number of pyridine rings is 1. The number of nitrogens with one attached hydrogen (secondary N) is 1. The van der Waals surface area contributed by atoms with Crippen LogP contribution in [-0.4, -0.2) is 43.8 Å². The number of carbonyl (C=O) groups excluding carboxylic acids is 1. The number of fused-ring (bicyclic) bond motifs is 3. The van der Waals surface area contributed by atoms with Crippen LogP contribution in [0.2, 0.25) is 0 Å². The van der Waals surface area contributed by atoms with E-state index in [-0.39, 0.29) is 5.91 Å². The van der Waals surface area contributed by atoms with E-state index in [9.17, 15) is 4.79 Å². The van der Waals surface area contributed by atoms with Crippen LogP contribution in [0.15, 0.2) is 84.0 Å². The summed E-state index contributed by atoms with van der Waals surface area (Å²) in [5.74, 6) is 1.20. The van der Waals surface area contributed by atoms with Crippen LogP contribution in [0.4, 0.5) is 0 Å². The van der Waals surface area contributed by atoms with Crippen molar-refractivity contribution >= 4 is 5.91 Å². The molecule has 0 unspecified atom stereocenters. The van der Waals surface area contributed by atoms with Gasteiger partial charge in [0.25, 0.3) is 11.9 Å². The molecular formula is C27H22N6O3. The minimum Gasteiger partial charge on any atom is -0.490 e. The van der Waals surface area contributed by atoms with Gasteiger partial charge in [-0.25, -0.2) is 9.97 Å². The first-order valence-corrected chi connectivity index (χ1v) is 11.7. The van der Waals surface area contributed by atoms with Gasteiger partial charge in [-0.3, -0.25) is 9.78 Å². The van der Waals surface area contributed by atoms with Gasteiger partial charge in [-0.05, 0) is 48.2 Å². The molecule has 1 amide bonds. The average molecular weight is 479 g/mol. The smallest absolute Gasteiger partial charge is 0.255 e. The van der Waals surface area contributed by atoms with E-state index in [4.69, 9.17) is 14.1 Å². The Bertz CT molecular complexity index is 1510. The van der Waals surface area contributed by atoms with Gasteiger partial charge in [0.2, 0.25) is 0 Å². The molecule has 0 spiro atoms. The number of aryl methyl sites for hydroxylation is 2. The summed E-state index contributed by atoms with van der Waals surface area (Å²) in [4.78, 5) is 26.6. The Kier molecular flexibility index (Phi) is 5.71. The zero-order chi connectivity index (χ0) is 24.3. The molecule has 6 rings (SSSR count). The Hall–Kier alpha value is -4.79. The lowest BCUT2D eigenvalue weighted by atomic mass is 9.90. The molecule has 0 aliphatic heterocycles. The maximum atomic E-state index is 13.1. The van der Waals surface area contributed by atoms with Gasteiger partial charge in [0.15, 0.2) is 5.76 Å². The molecule has 0 atom stereocenters. The molecule has 0 fully saturated rings. The summed E-state index contributed by atoms with van der Waals surface area (Å²) in [6, 6.07) is 15.4. The second kappa shape index (κ2) is 9.46. The molecule has 1 N–H and O–H groups in total. The van der Waals surface area contributed by atoms with Crippen LogP contribution in [0.3, 0.4) is 0 Å². The van der Waals surface area contributed by atoms with Crippen LogP contribution in [-0.2, 0) is 12.8 Å². The average Bonchev–Trinajstić information content (AvgIpc) is 3.61. The summed E-state index contributed by atoms with van der Waals surface area (Å²) in [6.45, 7) is 0.609. The van der Waals surface area contributed by atoms with Gasteiger partial charge >= 0.3 is 0 Å². The van der Waals surface area contributed by atoms with Crippen molar-refractivity contribution < 1.29 is 13.9 Å². The third kappa shape index (κ3) is 4.11. The first kappa shape index (κ1) is 21.7. The highest BCUT2D eigenvalue weighted by Gasteiger charge is 2.25. The van der Waals surface area contributed by atoms with Gasteiger partial charge in [-0.15, -0.1) is 0 Å². The van der Waals surface area contributed by atoms with Gasteiger partial charge in [-0.1, -0.05) is 24.3 Å². The van der Waals surface area contributed by atoms with Gasteiger partial charge in [0.05, 0.1) is 36.5 Å². The van der Waals surface area contributed by atoms with Crippen LogP contribution < -0.4 is 10.1 Å². The lowest BCUT2D eigenvalue weighted by Crippen LogP contribution is -2.28. The molecule has 36 heavy (non-hydrogen) atoms. The highest BCUT2D eigenvalue weighted by molar-refractivity contribution is 5.99. The zero-order valence-corrected chi connectivity index (χ0v) is 19.3. The van der Waals surface area contributed by atoms with Crippen molar-refractivity contribution in [2.45, 2.75) is 12.8 Å². The van der Waals surface area contributed by atoms with Gasteiger partial charge in [0.1, 0.15) is 18.1 Å². The van der Waals surface area contributed by atoms with E-state index < -0.39 is 0 Å². The molecule has 0 radical (unpaired) electrons.